The molecule has 4 aromatic rings. The summed E-state index contributed by atoms with van der Waals surface area (Å²) in [7, 11) is 2.16. The highest BCUT2D eigenvalue weighted by Gasteiger charge is 2.46. The molecule has 5 rings (SSSR count). The molecule has 1 heterocycles. The Morgan fingerprint density at radius 2 is 0.892 bits per heavy atom. The van der Waals surface area contributed by atoms with Crippen molar-refractivity contribution in [3.05, 3.63) is 97.1 Å². The Morgan fingerprint density at radius 1 is 0.541 bits per heavy atom. The summed E-state index contributed by atoms with van der Waals surface area (Å²) in [6.45, 7) is 12.1. The van der Waals surface area contributed by atoms with Crippen LogP contribution in [0, 0.1) is 0 Å². The maximum atomic E-state index is 2.54. The second-order valence-corrected chi connectivity index (χ2v) is 17.6. The Kier molecular flexibility index (Phi) is 7.19. The number of fused-ring (bicyclic) bond motifs is 4. The van der Waals surface area contributed by atoms with Crippen molar-refractivity contribution in [2.45, 2.75) is 39.0 Å². The van der Waals surface area contributed by atoms with Crippen LogP contribution >= 0.6 is 15.2 Å². The molecule has 1 aliphatic rings. The van der Waals surface area contributed by atoms with E-state index in [1.54, 1.807) is 0 Å². The fraction of sp³-hybridized carbons (Fsp3) is 0.273. The average Bonchev–Trinajstić information content (AvgIpc) is 2.92. The molecule has 37 heavy (non-hydrogen) atoms. The molecule has 0 bridgehead atoms. The minimum absolute atomic E-state index is 0.498. The minimum Gasteiger partial charge on any atom is -0.341 e. The highest BCUT2D eigenvalue weighted by Crippen LogP contribution is 2.61. The van der Waals surface area contributed by atoms with Gasteiger partial charge in [-0.05, 0) is 63.8 Å². The van der Waals surface area contributed by atoms with E-state index in [1.165, 1.54) is 44.0 Å². The summed E-state index contributed by atoms with van der Waals surface area (Å²) < 4.78 is 0. The zero-order valence-corrected chi connectivity index (χ0v) is 25.0. The van der Waals surface area contributed by atoms with Gasteiger partial charge >= 0.3 is 0 Å². The summed E-state index contributed by atoms with van der Waals surface area (Å²) in [5.41, 5.74) is 6.28. The van der Waals surface area contributed by atoms with E-state index >= 15 is 0 Å². The lowest BCUT2D eigenvalue weighted by Crippen LogP contribution is -2.36. The summed E-state index contributed by atoms with van der Waals surface area (Å²) in [5.74, 6) is 0. The molecular formula is C33H39N2P2+. The molecule has 0 fully saturated rings. The highest BCUT2D eigenvalue weighted by atomic mass is 31.2. The second kappa shape index (κ2) is 10.2. The largest absolute Gasteiger partial charge is 0.341 e. The van der Waals surface area contributed by atoms with E-state index in [-0.39, 0.29) is 0 Å². The van der Waals surface area contributed by atoms with Crippen molar-refractivity contribution in [3.8, 4) is 0 Å². The first-order valence-corrected chi connectivity index (χ1v) is 17.0. The highest BCUT2D eigenvalue weighted by molar-refractivity contribution is 7.90. The Labute approximate surface area is 225 Å². The predicted octanol–water partition coefficient (Wildman–Crippen LogP) is 7.38. The summed E-state index contributed by atoms with van der Waals surface area (Å²) in [6, 6.07) is 36.5. The molecule has 0 radical (unpaired) electrons. The fourth-order valence-corrected chi connectivity index (χ4v) is 12.2. The van der Waals surface area contributed by atoms with E-state index in [1.807, 2.05) is 0 Å². The van der Waals surface area contributed by atoms with E-state index in [0.29, 0.717) is 11.3 Å². The SMILES string of the molecule is CC(C)P1c2ccccc2N(C)c2ccccc2[P+](C)(C(C)C)c2ccccc2N(C)c2ccccc21. The van der Waals surface area contributed by atoms with Crippen molar-refractivity contribution in [1.29, 1.82) is 0 Å². The molecular weight excluding hydrogens is 486 g/mol. The van der Waals surface area contributed by atoms with Gasteiger partial charge in [-0.2, -0.15) is 0 Å². The molecule has 4 aromatic carbocycles. The third-order valence-corrected chi connectivity index (χ3v) is 15.7. The van der Waals surface area contributed by atoms with E-state index in [9.17, 15) is 0 Å². The fourth-order valence-electron chi connectivity index (χ4n) is 5.82. The summed E-state index contributed by atoms with van der Waals surface area (Å²) in [5, 5.41) is 5.85. The normalized spacial score (nSPS) is 19.4. The molecule has 0 saturated carbocycles. The Morgan fingerprint density at radius 3 is 1.27 bits per heavy atom. The van der Waals surface area contributed by atoms with Crippen LogP contribution in [0.5, 0.6) is 0 Å². The van der Waals surface area contributed by atoms with Crippen LogP contribution < -0.4 is 31.0 Å². The van der Waals surface area contributed by atoms with Gasteiger partial charge in [-0.15, -0.1) is 0 Å². The van der Waals surface area contributed by atoms with Gasteiger partial charge in [-0.1, -0.05) is 74.5 Å². The molecule has 2 nitrogen and oxygen atoms in total. The lowest BCUT2D eigenvalue weighted by atomic mass is 10.2. The summed E-state index contributed by atoms with van der Waals surface area (Å²) in [6.07, 6.45) is 0. The second-order valence-electron chi connectivity index (χ2n) is 10.7. The Balaban J connectivity index is 1.94. The topological polar surface area (TPSA) is 6.48 Å². The monoisotopic (exact) mass is 525 g/mol. The number of nitrogens with zero attached hydrogens (tertiary/aromatic N) is 2. The Hall–Kier alpha value is -2.66. The first-order chi connectivity index (χ1) is 17.8. The van der Waals surface area contributed by atoms with Gasteiger partial charge in [0.1, 0.15) is 10.6 Å². The van der Waals surface area contributed by atoms with Crippen LogP contribution in [-0.4, -0.2) is 32.1 Å². The number of hydrogen-bond donors (Lipinski definition) is 0. The third kappa shape index (κ3) is 4.29. The maximum Gasteiger partial charge on any atom is 0.123 e. The van der Waals surface area contributed by atoms with E-state index in [0.717, 1.165) is 0 Å². The minimum atomic E-state index is -1.78. The van der Waals surface area contributed by atoms with Crippen molar-refractivity contribution >= 4 is 59.2 Å². The smallest absolute Gasteiger partial charge is 0.123 e. The quantitative estimate of drug-likeness (QED) is 0.252. The lowest BCUT2D eigenvalue weighted by Gasteiger charge is -2.37. The van der Waals surface area contributed by atoms with Crippen molar-refractivity contribution in [1.82, 2.24) is 0 Å². The number of hydrogen-bond acceptors (Lipinski definition) is 2. The van der Waals surface area contributed by atoms with Crippen molar-refractivity contribution < 1.29 is 0 Å². The van der Waals surface area contributed by atoms with Crippen LogP contribution in [0.1, 0.15) is 27.7 Å². The molecule has 1 aliphatic heterocycles. The van der Waals surface area contributed by atoms with Gasteiger partial charge in [-0.25, -0.2) is 0 Å². The van der Waals surface area contributed by atoms with Gasteiger partial charge in [-0.3, -0.25) is 0 Å². The van der Waals surface area contributed by atoms with Gasteiger partial charge in [0.25, 0.3) is 0 Å². The lowest BCUT2D eigenvalue weighted by molar-refractivity contribution is 1.09. The molecule has 0 atom stereocenters. The molecule has 0 amide bonds. The van der Waals surface area contributed by atoms with Crippen LogP contribution in [-0.2, 0) is 0 Å². The molecule has 190 valence electrons. The van der Waals surface area contributed by atoms with Crippen LogP contribution in [0.2, 0.25) is 0 Å². The third-order valence-electron chi connectivity index (χ3n) is 8.04. The van der Waals surface area contributed by atoms with Crippen LogP contribution in [0.15, 0.2) is 97.1 Å². The Bertz CT molecular complexity index is 1310. The number of anilines is 4. The number of benzene rings is 4. The first-order valence-electron chi connectivity index (χ1n) is 13.3. The van der Waals surface area contributed by atoms with Crippen molar-refractivity contribution in [2.24, 2.45) is 0 Å². The molecule has 0 spiro atoms. The van der Waals surface area contributed by atoms with Gasteiger partial charge in [0.15, 0.2) is 0 Å². The van der Waals surface area contributed by atoms with Crippen LogP contribution in [0.25, 0.3) is 0 Å². The van der Waals surface area contributed by atoms with Crippen LogP contribution in [0.4, 0.5) is 22.7 Å². The summed E-state index contributed by atoms with van der Waals surface area (Å²) >= 11 is 0. The maximum absolute atomic E-state index is 2.54. The van der Waals surface area contributed by atoms with E-state index in [4.69, 9.17) is 0 Å². The molecule has 0 unspecified atom stereocenters. The molecule has 4 heteroatoms. The average molecular weight is 526 g/mol. The predicted molar refractivity (Wildman–Crippen MR) is 170 cm³/mol. The zero-order valence-electron chi connectivity index (χ0n) is 23.2. The molecule has 0 aromatic heterocycles. The van der Waals surface area contributed by atoms with Crippen molar-refractivity contribution in [2.75, 3.05) is 30.6 Å². The van der Waals surface area contributed by atoms with Gasteiger partial charge < -0.3 is 9.80 Å². The number of para-hydroxylation sites is 4. The first kappa shape index (κ1) is 26.0. The summed E-state index contributed by atoms with van der Waals surface area (Å²) in [4.78, 5) is 4.94. The zero-order chi connectivity index (χ0) is 26.3. The molecule has 0 N–H and O–H groups in total. The van der Waals surface area contributed by atoms with Gasteiger partial charge in [0.2, 0.25) is 0 Å². The van der Waals surface area contributed by atoms with Crippen LogP contribution in [0.3, 0.4) is 0 Å². The number of rotatable bonds is 2. The standard InChI is InChI=1S/C33H39N2P2/c1-24(2)36-30-20-12-8-16-26(30)34(5)28-18-10-14-22-32(28)37(7,25(3)4)33-23-15-11-19-29(33)35(6)27-17-9-13-21-31(27)36/h8-25H,1-7H3/q+1. The molecule has 0 saturated heterocycles. The van der Waals surface area contributed by atoms with E-state index < -0.39 is 15.2 Å². The van der Waals surface area contributed by atoms with Gasteiger partial charge in [0.05, 0.1) is 31.0 Å². The van der Waals surface area contributed by atoms with Crippen molar-refractivity contribution in [3.63, 3.8) is 0 Å². The van der Waals surface area contributed by atoms with Gasteiger partial charge in [0, 0.05) is 36.1 Å². The van der Waals surface area contributed by atoms with E-state index in [2.05, 4.69) is 155 Å². The molecule has 0 aliphatic carbocycles.